The number of rotatable bonds is 0. The molecule has 0 aromatic rings. The van der Waals surface area contributed by atoms with Gasteiger partial charge in [-0.2, -0.15) is 0 Å². The van der Waals surface area contributed by atoms with Gasteiger partial charge in [-0.15, -0.1) is 0 Å². The van der Waals surface area contributed by atoms with Gasteiger partial charge in [0, 0.05) is 6.20 Å². The average Bonchev–Trinajstić information content (AvgIpc) is 1.90. The Hall–Kier alpha value is -0.660. The summed E-state index contributed by atoms with van der Waals surface area (Å²) in [6.07, 6.45) is 3.40. The van der Waals surface area contributed by atoms with Crippen molar-refractivity contribution in [2.45, 2.75) is 0 Å². The van der Waals surface area contributed by atoms with Gasteiger partial charge in [0.2, 0.25) is 0 Å². The van der Waals surface area contributed by atoms with E-state index in [1.165, 1.54) is 11.9 Å². The van der Waals surface area contributed by atoms with Gasteiger partial charge in [0.15, 0.2) is 0 Å². The highest BCUT2D eigenvalue weighted by Crippen LogP contribution is 1.92. The number of nitrogens with one attached hydrogen (secondary N) is 1. The van der Waals surface area contributed by atoms with Crippen molar-refractivity contribution in [1.29, 1.82) is 0 Å². The van der Waals surface area contributed by atoms with E-state index in [2.05, 4.69) is 15.6 Å². The zero-order chi connectivity index (χ0) is 4.95. The van der Waals surface area contributed by atoms with Crippen LogP contribution in [0.3, 0.4) is 0 Å². The molecule has 0 atom stereocenters. The first-order valence-corrected chi connectivity index (χ1v) is 2.71. The predicted octanol–water partition coefficient (Wildman–Crippen LogP) is 0.892. The maximum atomic E-state index is 3.70. The molecule has 1 aliphatic heterocycles. The molecular weight excluding hydrogens is 108 g/mol. The van der Waals surface area contributed by atoms with Gasteiger partial charge < -0.3 is 4.72 Å². The van der Waals surface area contributed by atoms with E-state index < -0.39 is 0 Å². The highest BCUT2D eigenvalue weighted by molar-refractivity contribution is 8.00. The van der Waals surface area contributed by atoms with Crippen LogP contribution in [0.15, 0.2) is 22.8 Å². The summed E-state index contributed by atoms with van der Waals surface area (Å²) in [6.45, 7) is 0. The average molecular weight is 112 g/mol. The molecule has 3 heteroatoms. The van der Waals surface area contributed by atoms with E-state index in [0.717, 1.165) is 0 Å². The maximum Gasteiger partial charge on any atom is 0.0537 e. The normalized spacial score (nSPS) is 16.0. The number of hydrogen-bond donors (Lipinski definition) is 1. The molecule has 7 heavy (non-hydrogen) atoms. The second-order valence-corrected chi connectivity index (χ2v) is 1.63. The first-order chi connectivity index (χ1) is 3.50. The van der Waals surface area contributed by atoms with E-state index in [9.17, 15) is 0 Å². The summed E-state index contributed by atoms with van der Waals surface area (Å²) in [6, 6.07) is 0. The van der Waals surface area contributed by atoms with Gasteiger partial charge in [-0.1, -0.05) is 0 Å². The molecule has 1 heterocycles. The Morgan fingerprint density at radius 1 is 1.71 bits per heavy atom. The fourth-order valence-electron chi connectivity index (χ4n) is 0.241. The van der Waals surface area contributed by atoms with Crippen molar-refractivity contribution in [2.24, 2.45) is 4.99 Å². The number of nitrogens with zero attached hydrogens (tertiary/aromatic N) is 1. The number of hydrogen-bond acceptors (Lipinski definition) is 3. The van der Waals surface area contributed by atoms with Crippen molar-refractivity contribution >= 4 is 17.8 Å². The Kier molecular flexibility index (Phi) is 1.61. The topological polar surface area (TPSA) is 24.4 Å². The largest absolute Gasteiger partial charge is 0.331 e. The third-order valence-corrected chi connectivity index (χ3v) is 0.967. The Morgan fingerprint density at radius 3 is 3.71 bits per heavy atom. The Bertz CT molecular complexity index is 133. The molecule has 0 aromatic heterocycles. The van der Waals surface area contributed by atoms with E-state index in [4.69, 9.17) is 0 Å². The second-order valence-electron chi connectivity index (χ2n) is 0.927. The van der Waals surface area contributed by atoms with Gasteiger partial charge in [-0.05, 0) is 17.8 Å². The molecule has 0 aliphatic carbocycles. The van der Waals surface area contributed by atoms with Gasteiger partial charge in [0.1, 0.15) is 0 Å². The lowest BCUT2D eigenvalue weighted by molar-refractivity contribution is 1.39. The smallest absolute Gasteiger partial charge is 0.0537 e. The summed E-state index contributed by atoms with van der Waals surface area (Å²) < 4.78 is 2.87. The summed E-state index contributed by atoms with van der Waals surface area (Å²) in [5.74, 6) is 2.66. The van der Waals surface area contributed by atoms with Gasteiger partial charge in [0.25, 0.3) is 0 Å². The van der Waals surface area contributed by atoms with Crippen molar-refractivity contribution in [2.75, 3.05) is 0 Å². The lowest BCUT2D eigenvalue weighted by Gasteiger charge is -1.82. The highest BCUT2D eigenvalue weighted by Gasteiger charge is 1.72. The molecule has 0 fully saturated rings. The van der Waals surface area contributed by atoms with Crippen LogP contribution in [0.4, 0.5) is 0 Å². The standard InChI is InChI=1S/C4H4N2S/c1-2-6-7-4-3-5-1/h1-2,4,6H. The summed E-state index contributed by atoms with van der Waals surface area (Å²) >= 11 is 1.45. The van der Waals surface area contributed by atoms with Crippen molar-refractivity contribution in [3.8, 4) is 0 Å². The highest BCUT2D eigenvalue weighted by atomic mass is 32.2. The fourth-order valence-corrected chi connectivity index (χ4v) is 0.562. The molecule has 0 radical (unpaired) electrons. The molecule has 0 spiro atoms. The molecule has 0 saturated carbocycles. The first-order valence-electron chi connectivity index (χ1n) is 1.83. The summed E-state index contributed by atoms with van der Waals surface area (Å²) in [5.41, 5.74) is 0. The zero-order valence-electron chi connectivity index (χ0n) is 3.59. The predicted molar refractivity (Wildman–Crippen MR) is 31.9 cm³/mol. The summed E-state index contributed by atoms with van der Waals surface area (Å²) in [7, 11) is 0. The van der Waals surface area contributed by atoms with Crippen LogP contribution in [0.25, 0.3) is 0 Å². The lowest BCUT2D eigenvalue weighted by atomic mass is 10.9. The van der Waals surface area contributed by atoms with E-state index in [1.54, 1.807) is 17.8 Å². The molecule has 0 bridgehead atoms. The number of aliphatic imine (C=N–C) groups is 1. The molecule has 36 valence electrons. The minimum absolute atomic E-state index is 1.45. The SMILES string of the molecule is C1=CSNC=CN=1. The molecule has 1 N–H and O–H groups in total. The van der Waals surface area contributed by atoms with Crippen LogP contribution in [-0.4, -0.2) is 5.87 Å². The minimum Gasteiger partial charge on any atom is -0.331 e. The molecule has 0 unspecified atom stereocenters. The van der Waals surface area contributed by atoms with Crippen LogP contribution in [-0.2, 0) is 0 Å². The van der Waals surface area contributed by atoms with E-state index in [1.807, 2.05) is 0 Å². The third-order valence-electron chi connectivity index (χ3n) is 0.471. The van der Waals surface area contributed by atoms with Gasteiger partial charge in [-0.3, -0.25) is 0 Å². The quantitative estimate of drug-likeness (QED) is 0.471. The molecule has 0 amide bonds. The molecule has 1 aliphatic rings. The van der Waals surface area contributed by atoms with Gasteiger partial charge in [0.05, 0.1) is 11.6 Å². The third kappa shape index (κ3) is 1.48. The van der Waals surface area contributed by atoms with Crippen LogP contribution in [0.1, 0.15) is 0 Å². The van der Waals surface area contributed by atoms with Crippen LogP contribution in [0.5, 0.6) is 0 Å². The lowest BCUT2D eigenvalue weighted by Crippen LogP contribution is -1.83. The van der Waals surface area contributed by atoms with Crippen molar-refractivity contribution < 1.29 is 0 Å². The molecule has 0 saturated heterocycles. The van der Waals surface area contributed by atoms with Crippen LogP contribution in [0.2, 0.25) is 0 Å². The Labute approximate surface area is 46.2 Å². The fraction of sp³-hybridized carbons (Fsp3) is 0. The van der Waals surface area contributed by atoms with Crippen LogP contribution >= 0.6 is 11.9 Å². The molecule has 2 nitrogen and oxygen atoms in total. The van der Waals surface area contributed by atoms with Crippen molar-refractivity contribution in [3.05, 3.63) is 17.8 Å². The van der Waals surface area contributed by atoms with Gasteiger partial charge >= 0.3 is 0 Å². The molecular formula is C4H4N2S. The van der Waals surface area contributed by atoms with Crippen molar-refractivity contribution in [3.63, 3.8) is 0 Å². The summed E-state index contributed by atoms with van der Waals surface area (Å²) in [5, 5.41) is 1.75. The van der Waals surface area contributed by atoms with Crippen molar-refractivity contribution in [1.82, 2.24) is 4.72 Å². The Balaban J connectivity index is 2.65. The monoisotopic (exact) mass is 112 g/mol. The van der Waals surface area contributed by atoms with Crippen LogP contribution < -0.4 is 4.72 Å². The molecule has 1 rings (SSSR count). The zero-order valence-corrected chi connectivity index (χ0v) is 4.40. The Morgan fingerprint density at radius 2 is 2.71 bits per heavy atom. The summed E-state index contributed by atoms with van der Waals surface area (Å²) in [4.78, 5) is 3.70. The molecule has 0 aromatic carbocycles. The van der Waals surface area contributed by atoms with Crippen LogP contribution in [0, 0.1) is 0 Å². The van der Waals surface area contributed by atoms with Gasteiger partial charge in [-0.25, -0.2) is 4.99 Å². The minimum atomic E-state index is 1.45. The van der Waals surface area contributed by atoms with E-state index >= 15 is 0 Å². The van der Waals surface area contributed by atoms with E-state index in [0.29, 0.717) is 0 Å². The maximum absolute atomic E-state index is 3.70. The second kappa shape index (κ2) is 2.50. The first kappa shape index (κ1) is 4.50. The van der Waals surface area contributed by atoms with E-state index in [-0.39, 0.29) is 0 Å².